The van der Waals surface area contributed by atoms with Crippen LogP contribution >= 0.6 is 0 Å². The van der Waals surface area contributed by atoms with Crippen molar-refractivity contribution in [2.45, 2.75) is 24.7 Å². The van der Waals surface area contributed by atoms with Crippen molar-refractivity contribution in [2.75, 3.05) is 0 Å². The second kappa shape index (κ2) is 3.85. The maximum Gasteiger partial charge on any atom is 0.197 e. The van der Waals surface area contributed by atoms with Gasteiger partial charge < -0.3 is 20.1 Å². The molecule has 3 atom stereocenters. The minimum Gasteiger partial charge on any atom is -0.507 e. The van der Waals surface area contributed by atoms with Crippen molar-refractivity contribution >= 4 is 11.6 Å². The average Bonchev–Trinajstić information content (AvgIpc) is 3.16. The van der Waals surface area contributed by atoms with E-state index in [2.05, 4.69) is 0 Å². The second-order valence-electron chi connectivity index (χ2n) is 6.56. The number of epoxide rings is 1. The highest BCUT2D eigenvalue weighted by atomic mass is 16.6. The fourth-order valence-corrected chi connectivity index (χ4v) is 3.99. The minimum atomic E-state index is -1.14. The number of fused-ring (bicyclic) bond motifs is 6. The van der Waals surface area contributed by atoms with Crippen molar-refractivity contribution in [1.29, 1.82) is 0 Å². The number of ketones is 2. The zero-order chi connectivity index (χ0) is 17.0. The monoisotopic (exact) mass is 324 g/mol. The van der Waals surface area contributed by atoms with E-state index in [0.717, 1.165) is 0 Å². The first-order chi connectivity index (χ1) is 11.4. The second-order valence-corrected chi connectivity index (χ2v) is 6.56. The number of phenols is 2. The molecule has 0 radical (unpaired) electrons. The van der Waals surface area contributed by atoms with Crippen LogP contribution in [0.25, 0.3) is 11.1 Å². The number of benzene rings is 2. The Morgan fingerprint density at radius 1 is 1.04 bits per heavy atom. The molecule has 6 nitrogen and oxygen atoms in total. The van der Waals surface area contributed by atoms with Gasteiger partial charge in [-0.3, -0.25) is 9.59 Å². The van der Waals surface area contributed by atoms with E-state index in [0.29, 0.717) is 0 Å². The number of rotatable bonds is 0. The third kappa shape index (κ3) is 1.31. The maximum atomic E-state index is 12.8. The molecule has 1 fully saturated rings. The summed E-state index contributed by atoms with van der Waals surface area (Å²) in [5.74, 6) is -1.21. The van der Waals surface area contributed by atoms with Crippen molar-refractivity contribution < 1.29 is 29.6 Å². The van der Waals surface area contributed by atoms with Crippen molar-refractivity contribution in [2.24, 2.45) is 0 Å². The first-order valence-electron chi connectivity index (χ1n) is 7.54. The molecule has 0 spiro atoms. The number of aliphatic hydroxyl groups is 1. The van der Waals surface area contributed by atoms with E-state index in [1.807, 2.05) is 0 Å². The highest BCUT2D eigenvalue weighted by Gasteiger charge is 2.66. The van der Waals surface area contributed by atoms with E-state index in [9.17, 15) is 24.9 Å². The van der Waals surface area contributed by atoms with Gasteiger partial charge in [0, 0.05) is 33.4 Å². The van der Waals surface area contributed by atoms with Crippen LogP contribution in [0.5, 0.6) is 11.5 Å². The van der Waals surface area contributed by atoms with E-state index in [4.69, 9.17) is 4.74 Å². The molecule has 120 valence electrons. The molecule has 0 bridgehead atoms. The number of hydrogen-bond donors (Lipinski definition) is 3. The number of hydrogen-bond acceptors (Lipinski definition) is 6. The third-order valence-corrected chi connectivity index (χ3v) is 5.25. The number of aromatic hydroxyl groups is 2. The number of phenolic OH excluding ortho intramolecular Hbond substituents is 2. The normalized spacial score (nSPS) is 28.9. The Kier molecular flexibility index (Phi) is 2.20. The summed E-state index contributed by atoms with van der Waals surface area (Å²) >= 11 is 0. The molecule has 2 aromatic carbocycles. The highest BCUT2D eigenvalue weighted by Crippen LogP contribution is 2.57. The van der Waals surface area contributed by atoms with Gasteiger partial charge >= 0.3 is 0 Å². The predicted molar refractivity (Wildman–Crippen MR) is 81.2 cm³/mol. The van der Waals surface area contributed by atoms with Crippen molar-refractivity contribution in [3.63, 3.8) is 0 Å². The van der Waals surface area contributed by atoms with Gasteiger partial charge in [-0.05, 0) is 19.1 Å². The first-order valence-corrected chi connectivity index (χ1v) is 7.54. The van der Waals surface area contributed by atoms with Crippen molar-refractivity contribution in [1.82, 2.24) is 0 Å². The lowest BCUT2D eigenvalue weighted by Gasteiger charge is -2.23. The average molecular weight is 324 g/mol. The Balaban J connectivity index is 1.89. The molecule has 0 saturated carbocycles. The first kappa shape index (κ1) is 13.7. The van der Waals surface area contributed by atoms with E-state index in [-0.39, 0.29) is 50.7 Å². The van der Waals surface area contributed by atoms with Gasteiger partial charge in [-0.15, -0.1) is 0 Å². The Bertz CT molecular complexity index is 991. The molecule has 0 amide bonds. The summed E-state index contributed by atoms with van der Waals surface area (Å²) in [4.78, 5) is 25.4. The van der Waals surface area contributed by atoms with Crippen LogP contribution in [-0.2, 0) is 4.74 Å². The molecular formula is C18H12O6. The van der Waals surface area contributed by atoms with E-state index < -0.39 is 23.6 Å². The van der Waals surface area contributed by atoms with Gasteiger partial charge in [-0.25, -0.2) is 0 Å². The molecule has 2 aromatic rings. The van der Waals surface area contributed by atoms with E-state index in [1.54, 1.807) is 6.92 Å². The molecule has 1 saturated heterocycles. The topological polar surface area (TPSA) is 107 Å². The van der Waals surface area contributed by atoms with Crippen LogP contribution in [-0.4, -0.2) is 38.6 Å². The van der Waals surface area contributed by atoms with Gasteiger partial charge in [-0.1, -0.05) is 12.1 Å². The quantitative estimate of drug-likeness (QED) is 0.543. The summed E-state index contributed by atoms with van der Waals surface area (Å²) in [6.07, 6.45) is -1.84. The van der Waals surface area contributed by atoms with Gasteiger partial charge in [-0.2, -0.15) is 0 Å². The molecular weight excluding hydrogens is 312 g/mol. The molecule has 24 heavy (non-hydrogen) atoms. The number of carbonyl (C=O) groups is 2. The Morgan fingerprint density at radius 3 is 2.54 bits per heavy atom. The van der Waals surface area contributed by atoms with Gasteiger partial charge in [0.05, 0.1) is 0 Å². The Labute approximate surface area is 135 Å². The predicted octanol–water partition coefficient (Wildman–Crippen LogP) is 1.70. The number of aliphatic hydroxyl groups excluding tert-OH is 1. The number of ether oxygens (including phenoxy) is 1. The Morgan fingerprint density at radius 2 is 1.79 bits per heavy atom. The summed E-state index contributed by atoms with van der Waals surface area (Å²) in [5, 5.41) is 31.2. The van der Waals surface area contributed by atoms with Gasteiger partial charge in [0.2, 0.25) is 0 Å². The lowest BCUT2D eigenvalue weighted by Crippen LogP contribution is -2.34. The van der Waals surface area contributed by atoms with Crippen molar-refractivity contribution in [3.05, 3.63) is 46.5 Å². The molecule has 5 rings (SSSR count). The van der Waals surface area contributed by atoms with Crippen LogP contribution < -0.4 is 0 Å². The highest BCUT2D eigenvalue weighted by molar-refractivity contribution is 6.26. The third-order valence-electron chi connectivity index (χ3n) is 5.25. The van der Waals surface area contributed by atoms with Gasteiger partial charge in [0.15, 0.2) is 17.2 Å². The van der Waals surface area contributed by atoms with Gasteiger partial charge in [0.25, 0.3) is 0 Å². The Hall–Kier alpha value is -2.70. The lowest BCUT2D eigenvalue weighted by molar-refractivity contribution is 0.0874. The summed E-state index contributed by atoms with van der Waals surface area (Å²) in [6, 6.07) is 5.74. The number of carbonyl (C=O) groups excluding carboxylic acids is 2. The molecule has 3 N–H and O–H groups in total. The summed E-state index contributed by atoms with van der Waals surface area (Å²) < 4.78 is 5.37. The largest absolute Gasteiger partial charge is 0.507 e. The fraction of sp³-hybridized carbons (Fsp3) is 0.222. The summed E-state index contributed by atoms with van der Waals surface area (Å²) in [7, 11) is 0. The zero-order valence-electron chi connectivity index (χ0n) is 12.5. The fourth-order valence-electron chi connectivity index (χ4n) is 3.99. The van der Waals surface area contributed by atoms with Crippen LogP contribution in [0.15, 0.2) is 24.3 Å². The molecule has 6 heteroatoms. The standard InChI is InChI=1S/C18H12O6/c1-18-16(23)7-5-9(20)12-10-6(3-2-4-8(10)19)14(21)13(12)11(7)15(22)17(18)24-18/h2-5,15,17,19-20,22H,1H3/t15-,17+,18-/m1/s1. The SMILES string of the molecule is C[C@]12O[C@H]1[C@H](O)c1c(cc(O)c3c1C(=O)c1cccc(O)c1-3)C2=O. The van der Waals surface area contributed by atoms with Crippen LogP contribution in [0.1, 0.15) is 44.9 Å². The molecule has 1 aliphatic heterocycles. The summed E-state index contributed by atoms with van der Waals surface area (Å²) in [5.41, 5.74) is -0.156. The van der Waals surface area contributed by atoms with E-state index in [1.165, 1.54) is 24.3 Å². The van der Waals surface area contributed by atoms with Crippen molar-refractivity contribution in [3.8, 4) is 22.6 Å². The van der Waals surface area contributed by atoms with Crippen LogP contribution in [0.4, 0.5) is 0 Å². The molecule has 1 heterocycles. The maximum absolute atomic E-state index is 12.8. The van der Waals surface area contributed by atoms with Crippen LogP contribution in [0.3, 0.4) is 0 Å². The zero-order valence-corrected chi connectivity index (χ0v) is 12.5. The van der Waals surface area contributed by atoms with Crippen LogP contribution in [0, 0.1) is 0 Å². The number of Topliss-reactive ketones (excluding diaryl/α,β-unsaturated/α-hetero) is 1. The molecule has 0 unspecified atom stereocenters. The van der Waals surface area contributed by atoms with Gasteiger partial charge in [0.1, 0.15) is 23.7 Å². The van der Waals surface area contributed by atoms with E-state index >= 15 is 0 Å². The molecule has 0 aromatic heterocycles. The minimum absolute atomic E-state index is 0.0694. The lowest BCUT2D eigenvalue weighted by atomic mass is 9.78. The molecule has 3 aliphatic rings. The molecule has 2 aliphatic carbocycles. The van der Waals surface area contributed by atoms with Crippen LogP contribution in [0.2, 0.25) is 0 Å². The smallest absolute Gasteiger partial charge is 0.197 e. The summed E-state index contributed by atoms with van der Waals surface area (Å²) in [6.45, 7) is 1.58.